The lowest BCUT2D eigenvalue weighted by Crippen LogP contribution is -2.25. The first-order valence-corrected chi connectivity index (χ1v) is 13.5. The summed E-state index contributed by atoms with van der Waals surface area (Å²) in [5.74, 6) is -0.277. The number of benzene rings is 1. The summed E-state index contributed by atoms with van der Waals surface area (Å²) in [5, 5.41) is 5.72. The number of rotatable bonds is 24. The first-order valence-electron chi connectivity index (χ1n) is 13.5. The van der Waals surface area contributed by atoms with E-state index in [9.17, 15) is 19.2 Å². The number of carbonyl (C=O) groups excluding carboxylic acids is 4. The number of hydrogen-bond acceptors (Lipinski definition) is 8. The fraction of sp³-hybridized carbons (Fsp3) is 0.643. The van der Waals surface area contributed by atoms with Crippen LogP contribution in [-0.2, 0) is 28.5 Å². The van der Waals surface area contributed by atoms with Crippen molar-refractivity contribution < 1.29 is 38.1 Å². The average Bonchev–Trinajstić information content (AvgIpc) is 2.94. The summed E-state index contributed by atoms with van der Waals surface area (Å²) in [5.41, 5.74) is 1.05. The number of aldehydes is 1. The third kappa shape index (κ3) is 18.4. The van der Waals surface area contributed by atoms with Crippen LogP contribution in [0, 0.1) is 0 Å². The van der Waals surface area contributed by atoms with E-state index in [0.717, 1.165) is 44.8 Å². The molecule has 1 aromatic rings. The van der Waals surface area contributed by atoms with Gasteiger partial charge in [0, 0.05) is 50.3 Å². The smallest absolute Gasteiger partial charge is 0.305 e. The molecule has 2 amide bonds. The SMILES string of the molecule is COC(=O)CCCCCCCC(=O)NCCCOCCOCCOCCCNC(=O)c1ccc(C=O)cc1. The van der Waals surface area contributed by atoms with Crippen LogP contribution in [0.1, 0.15) is 78.5 Å². The highest BCUT2D eigenvalue weighted by molar-refractivity contribution is 5.94. The summed E-state index contributed by atoms with van der Waals surface area (Å²) in [6.07, 6.45) is 7.86. The maximum Gasteiger partial charge on any atom is 0.305 e. The Balaban J connectivity index is 1.79. The molecule has 0 aliphatic rings. The van der Waals surface area contributed by atoms with E-state index < -0.39 is 0 Å². The van der Waals surface area contributed by atoms with Crippen molar-refractivity contribution in [1.82, 2.24) is 10.6 Å². The first kappa shape index (κ1) is 33.2. The summed E-state index contributed by atoms with van der Waals surface area (Å²) >= 11 is 0. The van der Waals surface area contributed by atoms with E-state index in [4.69, 9.17) is 14.2 Å². The van der Waals surface area contributed by atoms with E-state index in [1.54, 1.807) is 24.3 Å². The lowest BCUT2D eigenvalue weighted by molar-refractivity contribution is -0.140. The topological polar surface area (TPSA) is 129 Å². The summed E-state index contributed by atoms with van der Waals surface area (Å²) in [6.45, 7) is 4.10. The van der Waals surface area contributed by atoms with Crippen molar-refractivity contribution in [3.8, 4) is 0 Å². The predicted molar refractivity (Wildman–Crippen MR) is 143 cm³/mol. The van der Waals surface area contributed by atoms with Crippen molar-refractivity contribution in [2.75, 3.05) is 59.8 Å². The van der Waals surface area contributed by atoms with Gasteiger partial charge in [-0.1, -0.05) is 31.4 Å². The predicted octanol–water partition coefficient (Wildman–Crippen LogP) is 3.08. The van der Waals surface area contributed by atoms with Crippen LogP contribution in [-0.4, -0.2) is 83.9 Å². The monoisotopic (exact) mass is 536 g/mol. The minimum atomic E-state index is -0.176. The summed E-state index contributed by atoms with van der Waals surface area (Å²) in [4.78, 5) is 45.5. The molecule has 0 aliphatic heterocycles. The normalized spacial score (nSPS) is 10.7. The standard InChI is InChI=1S/C28H44N2O8/c1-35-27(33)10-6-4-2-3-5-9-26(32)29-15-7-17-36-19-21-38-22-20-37-18-8-16-30-28(34)25-13-11-24(23-31)12-14-25/h11-14,23H,2-10,15-22H2,1H3,(H,29,32)(H,30,34). The summed E-state index contributed by atoms with van der Waals surface area (Å²) in [6, 6.07) is 6.47. The van der Waals surface area contributed by atoms with Gasteiger partial charge in [-0.3, -0.25) is 19.2 Å². The Morgan fingerprint density at radius 1 is 0.684 bits per heavy atom. The molecule has 0 fully saturated rings. The molecule has 0 saturated heterocycles. The first-order chi connectivity index (χ1) is 18.6. The van der Waals surface area contributed by atoms with Crippen LogP contribution in [0.4, 0.5) is 0 Å². The van der Waals surface area contributed by atoms with Gasteiger partial charge >= 0.3 is 5.97 Å². The van der Waals surface area contributed by atoms with Gasteiger partial charge in [0.25, 0.3) is 5.91 Å². The number of methoxy groups -OCH3 is 1. The molecule has 1 aromatic carbocycles. The Labute approximate surface area is 226 Å². The Morgan fingerprint density at radius 2 is 1.21 bits per heavy atom. The lowest BCUT2D eigenvalue weighted by atomic mass is 10.1. The zero-order chi connectivity index (χ0) is 27.7. The third-order valence-corrected chi connectivity index (χ3v) is 5.60. The molecule has 0 saturated carbocycles. The molecule has 0 bridgehead atoms. The number of ether oxygens (including phenoxy) is 4. The van der Waals surface area contributed by atoms with E-state index >= 15 is 0 Å². The third-order valence-electron chi connectivity index (χ3n) is 5.60. The number of carbonyl (C=O) groups is 4. The quantitative estimate of drug-likeness (QED) is 0.117. The minimum absolute atomic E-state index is 0.0654. The van der Waals surface area contributed by atoms with Crippen LogP contribution in [0.25, 0.3) is 0 Å². The lowest BCUT2D eigenvalue weighted by Gasteiger charge is -2.08. The van der Waals surface area contributed by atoms with Gasteiger partial charge in [-0.15, -0.1) is 0 Å². The molecule has 214 valence electrons. The number of amides is 2. The van der Waals surface area contributed by atoms with Crippen LogP contribution in [0.15, 0.2) is 24.3 Å². The molecule has 1 rings (SSSR count). The molecule has 0 unspecified atom stereocenters. The Bertz CT molecular complexity index is 786. The van der Waals surface area contributed by atoms with E-state index in [0.29, 0.717) is 83.1 Å². The Morgan fingerprint density at radius 3 is 1.79 bits per heavy atom. The maximum absolute atomic E-state index is 12.0. The number of hydrogen-bond donors (Lipinski definition) is 2. The van der Waals surface area contributed by atoms with Crippen LogP contribution in [0.2, 0.25) is 0 Å². The molecule has 0 radical (unpaired) electrons. The van der Waals surface area contributed by atoms with E-state index in [2.05, 4.69) is 15.4 Å². The van der Waals surface area contributed by atoms with Gasteiger partial charge in [-0.05, 0) is 37.8 Å². The van der Waals surface area contributed by atoms with E-state index in [1.807, 2.05) is 0 Å². The van der Waals surface area contributed by atoms with Crippen LogP contribution in [0.3, 0.4) is 0 Å². The Hall–Kier alpha value is -2.82. The summed E-state index contributed by atoms with van der Waals surface area (Å²) < 4.78 is 21.0. The molecule has 0 aromatic heterocycles. The van der Waals surface area contributed by atoms with Gasteiger partial charge < -0.3 is 29.6 Å². The Kier molecular flexibility index (Phi) is 20.4. The highest BCUT2D eigenvalue weighted by Crippen LogP contribution is 2.07. The second kappa shape index (κ2) is 23.3. The number of nitrogens with one attached hydrogen (secondary N) is 2. The second-order valence-corrected chi connectivity index (χ2v) is 8.73. The van der Waals surface area contributed by atoms with Crippen molar-refractivity contribution in [3.05, 3.63) is 35.4 Å². The molecular formula is C28H44N2O8. The number of esters is 1. The molecule has 2 N–H and O–H groups in total. The van der Waals surface area contributed by atoms with Gasteiger partial charge in [0.05, 0.1) is 33.5 Å². The van der Waals surface area contributed by atoms with Crippen molar-refractivity contribution >= 4 is 24.1 Å². The van der Waals surface area contributed by atoms with E-state index in [-0.39, 0.29) is 17.8 Å². The van der Waals surface area contributed by atoms with Crippen LogP contribution in [0.5, 0.6) is 0 Å². The second-order valence-electron chi connectivity index (χ2n) is 8.73. The molecular weight excluding hydrogens is 492 g/mol. The largest absolute Gasteiger partial charge is 0.469 e. The summed E-state index contributed by atoms with van der Waals surface area (Å²) in [7, 11) is 1.40. The number of unbranched alkanes of at least 4 members (excludes halogenated alkanes) is 4. The average molecular weight is 537 g/mol. The van der Waals surface area contributed by atoms with Gasteiger partial charge in [-0.2, -0.15) is 0 Å². The van der Waals surface area contributed by atoms with Gasteiger partial charge in [0.2, 0.25) is 5.91 Å². The van der Waals surface area contributed by atoms with E-state index in [1.165, 1.54) is 7.11 Å². The highest BCUT2D eigenvalue weighted by atomic mass is 16.5. The van der Waals surface area contributed by atoms with Crippen LogP contribution < -0.4 is 10.6 Å². The van der Waals surface area contributed by atoms with Gasteiger partial charge in [-0.25, -0.2) is 0 Å². The molecule has 0 spiro atoms. The zero-order valence-electron chi connectivity index (χ0n) is 22.7. The molecule has 0 aliphatic carbocycles. The van der Waals surface area contributed by atoms with Crippen LogP contribution >= 0.6 is 0 Å². The minimum Gasteiger partial charge on any atom is -0.469 e. The van der Waals surface area contributed by atoms with Gasteiger partial charge in [0.1, 0.15) is 6.29 Å². The van der Waals surface area contributed by atoms with Gasteiger partial charge in [0.15, 0.2) is 0 Å². The fourth-order valence-electron chi connectivity index (χ4n) is 3.41. The van der Waals surface area contributed by atoms with Crippen molar-refractivity contribution in [3.63, 3.8) is 0 Å². The molecule has 10 nitrogen and oxygen atoms in total. The molecule has 0 heterocycles. The zero-order valence-corrected chi connectivity index (χ0v) is 22.7. The highest BCUT2D eigenvalue weighted by Gasteiger charge is 2.05. The molecule has 38 heavy (non-hydrogen) atoms. The van der Waals surface area contributed by atoms with Crippen molar-refractivity contribution in [1.29, 1.82) is 0 Å². The van der Waals surface area contributed by atoms with Crippen molar-refractivity contribution in [2.24, 2.45) is 0 Å². The van der Waals surface area contributed by atoms with Crippen molar-refractivity contribution in [2.45, 2.75) is 57.8 Å². The molecule has 0 atom stereocenters. The fourth-order valence-corrected chi connectivity index (χ4v) is 3.41. The molecule has 10 heteroatoms. The maximum atomic E-state index is 12.0.